The van der Waals surface area contributed by atoms with Crippen molar-refractivity contribution in [1.82, 2.24) is 4.90 Å². The first kappa shape index (κ1) is 25.5. The molecule has 2 aromatic rings. The van der Waals surface area contributed by atoms with Crippen LogP contribution >= 0.6 is 11.6 Å². The van der Waals surface area contributed by atoms with Gasteiger partial charge in [0, 0.05) is 13.6 Å². The number of methoxy groups -OCH3 is 4. The largest absolute Gasteiger partial charge is 0.493 e. The van der Waals surface area contributed by atoms with E-state index in [0.717, 1.165) is 16.7 Å². The fraction of sp³-hybridized carbons (Fsp3) is 0.458. The average molecular weight is 466 g/mol. The van der Waals surface area contributed by atoms with Gasteiger partial charge < -0.3 is 28.6 Å². The molecule has 0 aliphatic heterocycles. The van der Waals surface area contributed by atoms with E-state index in [1.165, 1.54) is 0 Å². The highest BCUT2D eigenvalue weighted by Crippen LogP contribution is 2.38. The Morgan fingerprint density at radius 3 is 2.12 bits per heavy atom. The van der Waals surface area contributed by atoms with Crippen LogP contribution in [0.3, 0.4) is 0 Å². The second-order valence-corrected chi connectivity index (χ2v) is 7.66. The van der Waals surface area contributed by atoms with E-state index >= 15 is 0 Å². The molecule has 0 spiro atoms. The number of rotatable bonds is 11. The Kier molecular flexibility index (Phi) is 9.78. The summed E-state index contributed by atoms with van der Waals surface area (Å²) >= 11 is 6.89. The lowest BCUT2D eigenvalue weighted by molar-refractivity contribution is 0.116. The van der Waals surface area contributed by atoms with Crippen molar-refractivity contribution in [1.29, 1.82) is 0 Å². The summed E-state index contributed by atoms with van der Waals surface area (Å²) in [5, 5.41) is -0.337. The van der Waals surface area contributed by atoms with Crippen molar-refractivity contribution in [3.63, 3.8) is 0 Å². The van der Waals surface area contributed by atoms with Crippen molar-refractivity contribution in [2.24, 2.45) is 0 Å². The number of nitrogens with zero attached hydrogens (tertiary/aromatic N) is 1. The first-order valence-electron chi connectivity index (χ1n) is 10.4. The molecule has 0 aliphatic carbocycles. The number of hydrogen-bond donors (Lipinski definition) is 0. The number of benzene rings is 2. The van der Waals surface area contributed by atoms with Crippen LogP contribution in [0, 0.1) is 0 Å². The zero-order chi connectivity index (χ0) is 23.7. The Bertz CT molecular complexity index is 904. The van der Waals surface area contributed by atoms with Gasteiger partial charge in [-0.2, -0.15) is 0 Å². The molecule has 0 aromatic heterocycles. The molecule has 2 aromatic carbocycles. The minimum atomic E-state index is -0.359. The summed E-state index contributed by atoms with van der Waals surface area (Å²) in [6.45, 7) is 2.59. The summed E-state index contributed by atoms with van der Waals surface area (Å²) in [4.78, 5) is 13.5. The summed E-state index contributed by atoms with van der Waals surface area (Å²) in [6, 6.07) is 9.56. The Hall–Kier alpha value is -2.80. The number of carbonyl (C=O) groups excluding carboxylic acids is 1. The zero-order valence-corrected chi connectivity index (χ0v) is 20.3. The summed E-state index contributed by atoms with van der Waals surface area (Å²) in [5.41, 5.74) is 2.89. The van der Waals surface area contributed by atoms with E-state index in [1.54, 1.807) is 47.3 Å². The van der Waals surface area contributed by atoms with E-state index < -0.39 is 0 Å². The Labute approximate surface area is 195 Å². The SMILES string of the molecule is CCOC(=O)N(C)CCc1cc(OC)c(OC)cc1C(Cl)Cc1ccc(OC)c(OC)c1. The molecule has 0 heterocycles. The van der Waals surface area contributed by atoms with Crippen LogP contribution in [-0.2, 0) is 17.6 Å². The Morgan fingerprint density at radius 1 is 0.938 bits per heavy atom. The van der Waals surface area contributed by atoms with Gasteiger partial charge in [0.15, 0.2) is 23.0 Å². The third-order valence-corrected chi connectivity index (χ3v) is 5.53. The van der Waals surface area contributed by atoms with Gasteiger partial charge in [0.2, 0.25) is 0 Å². The maximum absolute atomic E-state index is 12.0. The monoisotopic (exact) mass is 465 g/mol. The van der Waals surface area contributed by atoms with Crippen LogP contribution in [0.2, 0.25) is 0 Å². The van der Waals surface area contributed by atoms with Crippen LogP contribution in [0.25, 0.3) is 0 Å². The molecule has 0 saturated carbocycles. The van der Waals surface area contributed by atoms with Gasteiger partial charge in [-0.15, -0.1) is 11.6 Å². The molecule has 1 atom stereocenters. The highest BCUT2D eigenvalue weighted by atomic mass is 35.5. The second kappa shape index (κ2) is 12.3. The highest BCUT2D eigenvalue weighted by Gasteiger charge is 2.20. The van der Waals surface area contributed by atoms with E-state index in [2.05, 4.69) is 0 Å². The quantitative estimate of drug-likeness (QED) is 0.441. The molecule has 176 valence electrons. The molecule has 1 amide bonds. The second-order valence-electron chi connectivity index (χ2n) is 7.14. The summed E-state index contributed by atoms with van der Waals surface area (Å²) in [6.07, 6.45) is 0.792. The molecule has 0 bridgehead atoms. The van der Waals surface area contributed by atoms with Crippen molar-refractivity contribution >= 4 is 17.7 Å². The lowest BCUT2D eigenvalue weighted by Gasteiger charge is -2.21. The van der Waals surface area contributed by atoms with Gasteiger partial charge >= 0.3 is 6.09 Å². The lowest BCUT2D eigenvalue weighted by atomic mass is 9.96. The molecule has 0 saturated heterocycles. The smallest absolute Gasteiger partial charge is 0.409 e. The van der Waals surface area contributed by atoms with Crippen molar-refractivity contribution in [2.75, 3.05) is 48.6 Å². The summed E-state index contributed by atoms with van der Waals surface area (Å²) < 4.78 is 26.8. The van der Waals surface area contributed by atoms with E-state index in [-0.39, 0.29) is 11.5 Å². The number of ether oxygens (including phenoxy) is 5. The van der Waals surface area contributed by atoms with Crippen LogP contribution in [0.1, 0.15) is 29.0 Å². The first-order chi connectivity index (χ1) is 15.4. The normalized spacial score (nSPS) is 11.5. The Balaban J connectivity index is 2.32. The van der Waals surface area contributed by atoms with Gasteiger partial charge in [-0.3, -0.25) is 0 Å². The van der Waals surface area contributed by atoms with Crippen LogP contribution < -0.4 is 18.9 Å². The van der Waals surface area contributed by atoms with Crippen molar-refractivity contribution in [3.8, 4) is 23.0 Å². The van der Waals surface area contributed by atoms with E-state index in [0.29, 0.717) is 49.0 Å². The third-order valence-electron chi connectivity index (χ3n) is 5.14. The number of amides is 1. The zero-order valence-electron chi connectivity index (χ0n) is 19.6. The molecule has 8 heteroatoms. The predicted molar refractivity (Wildman–Crippen MR) is 125 cm³/mol. The van der Waals surface area contributed by atoms with Crippen molar-refractivity contribution in [2.45, 2.75) is 25.1 Å². The van der Waals surface area contributed by atoms with Crippen LogP contribution in [0.5, 0.6) is 23.0 Å². The molecule has 1 unspecified atom stereocenters. The van der Waals surface area contributed by atoms with Gasteiger partial charge in [-0.05, 0) is 60.7 Å². The molecule has 0 aliphatic rings. The van der Waals surface area contributed by atoms with Crippen LogP contribution in [0.15, 0.2) is 30.3 Å². The van der Waals surface area contributed by atoms with Gasteiger partial charge in [-0.1, -0.05) is 6.07 Å². The third kappa shape index (κ3) is 6.36. The Morgan fingerprint density at radius 2 is 1.53 bits per heavy atom. The van der Waals surface area contributed by atoms with Gasteiger partial charge in [-0.25, -0.2) is 4.79 Å². The molecule has 0 radical (unpaired) electrons. The minimum Gasteiger partial charge on any atom is -0.493 e. The minimum absolute atomic E-state index is 0.333. The molecule has 0 N–H and O–H groups in total. The summed E-state index contributed by atoms with van der Waals surface area (Å²) in [5.74, 6) is 2.52. The van der Waals surface area contributed by atoms with Crippen LogP contribution in [-0.4, -0.2) is 59.6 Å². The first-order valence-corrected chi connectivity index (χ1v) is 10.8. The highest BCUT2D eigenvalue weighted by molar-refractivity contribution is 6.21. The standard InChI is InChI=1S/C24H32ClNO6/c1-7-32-24(27)26(2)11-10-17-14-22(30-5)23(31-6)15-18(17)19(25)12-16-8-9-20(28-3)21(13-16)29-4/h8-9,13-15,19H,7,10-12H2,1-6H3. The van der Waals surface area contributed by atoms with Gasteiger partial charge in [0.1, 0.15) is 0 Å². The number of likely N-dealkylation sites (N-methyl/N-ethyl adjacent to an activating group) is 1. The summed E-state index contributed by atoms with van der Waals surface area (Å²) in [7, 11) is 8.10. The molecular weight excluding hydrogens is 434 g/mol. The molecule has 0 fully saturated rings. The van der Waals surface area contributed by atoms with E-state index in [1.807, 2.05) is 30.3 Å². The molecule has 32 heavy (non-hydrogen) atoms. The van der Waals surface area contributed by atoms with Crippen molar-refractivity contribution in [3.05, 3.63) is 47.0 Å². The van der Waals surface area contributed by atoms with Crippen molar-refractivity contribution < 1.29 is 28.5 Å². The number of alkyl halides is 1. The maximum Gasteiger partial charge on any atom is 0.409 e. The maximum atomic E-state index is 12.0. The van der Waals surface area contributed by atoms with Gasteiger partial charge in [0.25, 0.3) is 0 Å². The van der Waals surface area contributed by atoms with E-state index in [4.69, 9.17) is 35.3 Å². The number of carbonyl (C=O) groups is 1. The number of hydrogen-bond acceptors (Lipinski definition) is 6. The lowest BCUT2D eigenvalue weighted by Crippen LogP contribution is -2.29. The topological polar surface area (TPSA) is 66.5 Å². The fourth-order valence-corrected chi connectivity index (χ4v) is 3.76. The molecule has 2 rings (SSSR count). The van der Waals surface area contributed by atoms with Gasteiger partial charge in [0.05, 0.1) is 40.4 Å². The number of halogens is 1. The van der Waals surface area contributed by atoms with E-state index in [9.17, 15) is 4.79 Å². The van der Waals surface area contributed by atoms with Crippen LogP contribution in [0.4, 0.5) is 4.79 Å². The fourth-order valence-electron chi connectivity index (χ4n) is 3.38. The molecular formula is C24H32ClNO6. The molecule has 7 nitrogen and oxygen atoms in total. The predicted octanol–water partition coefficient (Wildman–Crippen LogP) is 4.87. The average Bonchev–Trinajstić information content (AvgIpc) is 2.81.